The molecule has 0 saturated heterocycles. The molecule has 0 aromatic carbocycles. The fraction of sp³-hybridized carbons (Fsp3) is 0.950. The number of aliphatic carboxylic acids is 1. The lowest BCUT2D eigenvalue weighted by atomic mass is 10.0. The van der Waals surface area contributed by atoms with E-state index in [1.54, 1.807) is 0 Å². The minimum atomic E-state index is -0.874. The van der Waals surface area contributed by atoms with Crippen molar-refractivity contribution in [3.05, 3.63) is 0 Å². The number of hydrogen-bond acceptors (Lipinski definition) is 3. The molecule has 0 aliphatic heterocycles. The van der Waals surface area contributed by atoms with E-state index in [4.69, 9.17) is 4.74 Å². The molecule has 0 aliphatic carbocycles. The van der Waals surface area contributed by atoms with Crippen LogP contribution in [0.25, 0.3) is 0 Å². The number of esters is 1. The van der Waals surface area contributed by atoms with Crippen molar-refractivity contribution in [1.29, 1.82) is 0 Å². The van der Waals surface area contributed by atoms with Gasteiger partial charge in [0, 0.05) is 6.42 Å². The van der Waals surface area contributed by atoms with Crippen LogP contribution in [0.3, 0.4) is 0 Å². The Morgan fingerprint density at radius 1 is 0.432 bits per heavy atom. The summed E-state index contributed by atoms with van der Waals surface area (Å²) in [6.45, 7) is 4.55. The van der Waals surface area contributed by atoms with Gasteiger partial charge in [-0.2, -0.15) is 0 Å². The van der Waals surface area contributed by atoms with E-state index in [-0.39, 0.29) is 12.4 Å². The molecule has 44 heavy (non-hydrogen) atoms. The topological polar surface area (TPSA) is 63.6 Å². The summed E-state index contributed by atoms with van der Waals surface area (Å²) < 4.78 is 5.59. The molecule has 0 aromatic heterocycles. The van der Waals surface area contributed by atoms with E-state index in [0.717, 1.165) is 25.7 Å². The first kappa shape index (κ1) is 42.9. The third-order valence-corrected chi connectivity index (χ3v) is 9.31. The van der Waals surface area contributed by atoms with Crippen LogP contribution in [0.1, 0.15) is 239 Å². The SMILES string of the molecule is CCCCCCCCCCCCCCCCCCCCCC(CC(=O)O)OC(=O)CCCCCCCCCCCCCCC. The van der Waals surface area contributed by atoms with E-state index in [2.05, 4.69) is 13.8 Å². The minimum Gasteiger partial charge on any atom is -0.481 e. The lowest BCUT2D eigenvalue weighted by Crippen LogP contribution is -2.21. The Morgan fingerprint density at radius 3 is 1.00 bits per heavy atom. The van der Waals surface area contributed by atoms with Crippen molar-refractivity contribution in [3.8, 4) is 0 Å². The van der Waals surface area contributed by atoms with Crippen molar-refractivity contribution in [2.75, 3.05) is 0 Å². The second-order valence-electron chi connectivity index (χ2n) is 13.9. The van der Waals surface area contributed by atoms with Crippen LogP contribution < -0.4 is 0 Å². The quantitative estimate of drug-likeness (QED) is 0.0553. The standard InChI is InChI=1S/C40H78O4/c1-3-5-7-9-11-13-15-17-18-19-20-21-22-24-25-27-29-31-33-35-38(37-39(41)42)44-40(43)36-34-32-30-28-26-23-16-14-12-10-8-6-4-2/h38H,3-37H2,1-2H3,(H,41,42). The normalized spacial score (nSPS) is 12.0. The first-order chi connectivity index (χ1) is 21.6. The molecule has 0 heterocycles. The Labute approximate surface area is 275 Å². The predicted octanol–water partition coefficient (Wildman–Crippen LogP) is 13.7. The van der Waals surface area contributed by atoms with Crippen molar-refractivity contribution < 1.29 is 19.4 Å². The molecule has 4 heteroatoms. The highest BCUT2D eigenvalue weighted by Gasteiger charge is 2.17. The maximum Gasteiger partial charge on any atom is 0.307 e. The maximum absolute atomic E-state index is 12.3. The summed E-state index contributed by atoms with van der Waals surface area (Å²) in [4.78, 5) is 23.6. The van der Waals surface area contributed by atoms with Crippen LogP contribution in [0.4, 0.5) is 0 Å². The third kappa shape index (κ3) is 35.4. The van der Waals surface area contributed by atoms with Crippen LogP contribution in [0.2, 0.25) is 0 Å². The van der Waals surface area contributed by atoms with Crippen molar-refractivity contribution in [2.45, 2.75) is 245 Å². The summed E-state index contributed by atoms with van der Waals surface area (Å²) in [7, 11) is 0. The van der Waals surface area contributed by atoms with Crippen molar-refractivity contribution in [1.82, 2.24) is 0 Å². The van der Waals surface area contributed by atoms with Gasteiger partial charge < -0.3 is 9.84 Å². The highest BCUT2D eigenvalue weighted by Crippen LogP contribution is 2.18. The molecule has 1 unspecified atom stereocenters. The maximum atomic E-state index is 12.3. The molecule has 0 bridgehead atoms. The molecular weight excluding hydrogens is 544 g/mol. The van der Waals surface area contributed by atoms with Gasteiger partial charge in [-0.3, -0.25) is 9.59 Å². The van der Waals surface area contributed by atoms with Gasteiger partial charge in [0.1, 0.15) is 6.10 Å². The van der Waals surface area contributed by atoms with E-state index in [1.807, 2.05) is 0 Å². The number of unbranched alkanes of at least 4 members (excludes halogenated alkanes) is 30. The molecule has 4 nitrogen and oxygen atoms in total. The number of carboxylic acids is 1. The van der Waals surface area contributed by atoms with Crippen molar-refractivity contribution in [2.24, 2.45) is 0 Å². The molecule has 0 aliphatic rings. The number of carbonyl (C=O) groups is 2. The average molecular weight is 623 g/mol. The Hall–Kier alpha value is -1.06. The largest absolute Gasteiger partial charge is 0.481 e. The van der Waals surface area contributed by atoms with E-state index in [9.17, 15) is 14.7 Å². The molecule has 1 atom stereocenters. The first-order valence-corrected chi connectivity index (χ1v) is 20.0. The van der Waals surface area contributed by atoms with Gasteiger partial charge in [0.2, 0.25) is 0 Å². The van der Waals surface area contributed by atoms with Gasteiger partial charge in [-0.25, -0.2) is 0 Å². The number of carbonyl (C=O) groups excluding carboxylic acids is 1. The highest BCUT2D eigenvalue weighted by atomic mass is 16.5. The zero-order chi connectivity index (χ0) is 32.2. The summed E-state index contributed by atoms with van der Waals surface area (Å²) in [5, 5.41) is 9.26. The molecule has 0 saturated carbocycles. The molecule has 0 spiro atoms. The Kier molecular flexibility index (Phi) is 35.5. The van der Waals surface area contributed by atoms with E-state index >= 15 is 0 Å². The minimum absolute atomic E-state index is 0.0661. The van der Waals surface area contributed by atoms with Gasteiger partial charge in [0.15, 0.2) is 0 Å². The van der Waals surface area contributed by atoms with Crippen LogP contribution in [0.5, 0.6) is 0 Å². The van der Waals surface area contributed by atoms with Gasteiger partial charge in [0.05, 0.1) is 6.42 Å². The van der Waals surface area contributed by atoms with Gasteiger partial charge in [0.25, 0.3) is 0 Å². The van der Waals surface area contributed by atoms with Crippen molar-refractivity contribution in [3.63, 3.8) is 0 Å². The van der Waals surface area contributed by atoms with Crippen molar-refractivity contribution >= 4 is 11.9 Å². The Balaban J connectivity index is 3.57. The summed E-state index contributed by atoms with van der Waals surface area (Å²) >= 11 is 0. The lowest BCUT2D eigenvalue weighted by molar-refractivity contribution is -0.153. The molecule has 0 rings (SSSR count). The predicted molar refractivity (Wildman–Crippen MR) is 190 cm³/mol. The second kappa shape index (κ2) is 36.4. The number of ether oxygens (including phenoxy) is 1. The Bertz CT molecular complexity index is 590. The zero-order valence-electron chi connectivity index (χ0n) is 30.0. The summed E-state index contributed by atoms with van der Waals surface area (Å²) in [5.41, 5.74) is 0. The number of carboxylic acid groups (broad SMARTS) is 1. The van der Waals surface area contributed by atoms with Crippen LogP contribution >= 0.6 is 0 Å². The van der Waals surface area contributed by atoms with Gasteiger partial charge >= 0.3 is 11.9 Å². The first-order valence-electron chi connectivity index (χ1n) is 20.0. The third-order valence-electron chi connectivity index (χ3n) is 9.31. The lowest BCUT2D eigenvalue weighted by Gasteiger charge is -2.16. The molecule has 0 aromatic rings. The molecule has 262 valence electrons. The van der Waals surface area contributed by atoms with Crippen LogP contribution in [-0.2, 0) is 14.3 Å². The summed E-state index contributed by atoms with van der Waals surface area (Å²) in [5.74, 6) is -1.08. The Morgan fingerprint density at radius 2 is 0.705 bits per heavy atom. The summed E-state index contributed by atoms with van der Waals surface area (Å²) in [6, 6.07) is 0. The smallest absolute Gasteiger partial charge is 0.307 e. The summed E-state index contributed by atoms with van der Waals surface area (Å²) in [6.07, 6.45) is 42.7. The molecular formula is C40H78O4. The number of rotatable bonds is 37. The zero-order valence-corrected chi connectivity index (χ0v) is 30.0. The molecule has 1 N–H and O–H groups in total. The second-order valence-corrected chi connectivity index (χ2v) is 13.9. The van der Waals surface area contributed by atoms with E-state index in [1.165, 1.54) is 180 Å². The highest BCUT2D eigenvalue weighted by molar-refractivity contribution is 5.71. The fourth-order valence-electron chi connectivity index (χ4n) is 6.38. The van der Waals surface area contributed by atoms with Gasteiger partial charge in [-0.15, -0.1) is 0 Å². The van der Waals surface area contributed by atoms with Gasteiger partial charge in [-0.05, 0) is 19.3 Å². The average Bonchev–Trinajstić information content (AvgIpc) is 3.00. The van der Waals surface area contributed by atoms with Gasteiger partial charge in [-0.1, -0.05) is 206 Å². The van der Waals surface area contributed by atoms with Crippen LogP contribution in [0.15, 0.2) is 0 Å². The molecule has 0 fully saturated rings. The van der Waals surface area contributed by atoms with E-state index < -0.39 is 12.1 Å². The van der Waals surface area contributed by atoms with Crippen LogP contribution in [0, 0.1) is 0 Å². The van der Waals surface area contributed by atoms with Crippen LogP contribution in [-0.4, -0.2) is 23.1 Å². The van der Waals surface area contributed by atoms with E-state index in [0.29, 0.717) is 12.8 Å². The monoisotopic (exact) mass is 623 g/mol. The fourth-order valence-corrected chi connectivity index (χ4v) is 6.38. The number of hydrogen-bond donors (Lipinski definition) is 1. The molecule has 0 radical (unpaired) electrons. The molecule has 0 amide bonds.